The molecule has 3 heteroatoms. The van der Waals surface area contributed by atoms with Crippen molar-refractivity contribution in [3.8, 4) is 5.75 Å². The largest absolute Gasteiger partial charge is 0.496 e. The van der Waals surface area contributed by atoms with Gasteiger partial charge in [0.1, 0.15) is 11.3 Å². The molecule has 1 rings (SSSR count). The Bertz CT molecular complexity index is 319. The molecule has 0 aliphatic rings. The van der Waals surface area contributed by atoms with Crippen LogP contribution in [0.15, 0.2) is 18.2 Å². The second-order valence-corrected chi connectivity index (χ2v) is 2.65. The van der Waals surface area contributed by atoms with Gasteiger partial charge in [0.15, 0.2) is 0 Å². The lowest BCUT2D eigenvalue weighted by atomic mass is 10.1. The highest BCUT2D eigenvalue weighted by Gasteiger charge is 2.13. The standard InChI is InChI=1S/C10H12O3.C2H6/c1-7-5-4-6-8(9(7)12-2)10(11)13-3;1-2/h4-6H,1-3H3;1-2H3. The Balaban J connectivity index is 0.000000921. The maximum absolute atomic E-state index is 11.2. The van der Waals surface area contributed by atoms with Gasteiger partial charge in [-0.1, -0.05) is 26.0 Å². The zero-order chi connectivity index (χ0) is 11.8. The highest BCUT2D eigenvalue weighted by atomic mass is 16.5. The van der Waals surface area contributed by atoms with Gasteiger partial charge in [0.05, 0.1) is 14.2 Å². The maximum Gasteiger partial charge on any atom is 0.341 e. The third-order valence-electron chi connectivity index (χ3n) is 1.82. The summed E-state index contributed by atoms with van der Waals surface area (Å²) < 4.78 is 9.71. The fourth-order valence-electron chi connectivity index (χ4n) is 1.19. The predicted octanol–water partition coefficient (Wildman–Crippen LogP) is 2.82. The number of hydrogen-bond acceptors (Lipinski definition) is 3. The first-order valence-corrected chi connectivity index (χ1v) is 4.92. The second-order valence-electron chi connectivity index (χ2n) is 2.65. The third-order valence-corrected chi connectivity index (χ3v) is 1.82. The van der Waals surface area contributed by atoms with Crippen LogP contribution < -0.4 is 4.74 Å². The summed E-state index contributed by atoms with van der Waals surface area (Å²) in [6.45, 7) is 5.88. The van der Waals surface area contributed by atoms with E-state index in [0.29, 0.717) is 11.3 Å². The number of ether oxygens (including phenoxy) is 2. The van der Waals surface area contributed by atoms with Gasteiger partial charge in [-0.2, -0.15) is 0 Å². The van der Waals surface area contributed by atoms with E-state index in [9.17, 15) is 4.79 Å². The molecule has 0 amide bonds. The SMILES string of the molecule is CC.COC(=O)c1cccc(C)c1OC. The van der Waals surface area contributed by atoms with Crippen molar-refractivity contribution in [2.24, 2.45) is 0 Å². The minimum Gasteiger partial charge on any atom is -0.496 e. The number of benzene rings is 1. The van der Waals surface area contributed by atoms with E-state index < -0.39 is 0 Å². The minimum absolute atomic E-state index is 0.374. The van der Waals surface area contributed by atoms with Crippen LogP contribution in [0.5, 0.6) is 5.75 Å². The third kappa shape index (κ3) is 3.27. The normalized spacial score (nSPS) is 8.60. The number of methoxy groups -OCH3 is 2. The summed E-state index contributed by atoms with van der Waals surface area (Å²) in [4.78, 5) is 11.2. The molecule has 0 saturated heterocycles. The van der Waals surface area contributed by atoms with Crippen molar-refractivity contribution in [1.29, 1.82) is 0 Å². The summed E-state index contributed by atoms with van der Waals surface area (Å²) >= 11 is 0. The van der Waals surface area contributed by atoms with Crippen LogP contribution in [0.3, 0.4) is 0 Å². The predicted molar refractivity (Wildman–Crippen MR) is 60.4 cm³/mol. The molecule has 1 aromatic carbocycles. The average molecular weight is 210 g/mol. The Morgan fingerprint density at radius 2 is 1.80 bits per heavy atom. The van der Waals surface area contributed by atoms with Crippen LogP contribution in [0.1, 0.15) is 29.8 Å². The van der Waals surface area contributed by atoms with Crippen molar-refractivity contribution < 1.29 is 14.3 Å². The van der Waals surface area contributed by atoms with Gasteiger partial charge in [0.2, 0.25) is 0 Å². The van der Waals surface area contributed by atoms with E-state index in [0.717, 1.165) is 5.56 Å². The molecule has 0 unspecified atom stereocenters. The average Bonchev–Trinajstić information content (AvgIpc) is 2.30. The Morgan fingerprint density at radius 1 is 1.20 bits per heavy atom. The Labute approximate surface area is 91.0 Å². The summed E-state index contributed by atoms with van der Waals surface area (Å²) in [7, 11) is 2.89. The number of rotatable bonds is 2. The number of para-hydroxylation sites is 1. The van der Waals surface area contributed by atoms with E-state index in [4.69, 9.17) is 4.74 Å². The number of carbonyl (C=O) groups is 1. The highest BCUT2D eigenvalue weighted by Crippen LogP contribution is 2.23. The molecule has 0 radical (unpaired) electrons. The lowest BCUT2D eigenvalue weighted by Crippen LogP contribution is -2.04. The van der Waals surface area contributed by atoms with E-state index in [1.807, 2.05) is 26.8 Å². The van der Waals surface area contributed by atoms with Crippen LogP contribution in [0.2, 0.25) is 0 Å². The number of hydrogen-bond donors (Lipinski definition) is 0. The Hall–Kier alpha value is -1.51. The molecular formula is C12H18O3. The molecular weight excluding hydrogens is 192 g/mol. The van der Waals surface area contributed by atoms with Gasteiger partial charge in [-0.3, -0.25) is 0 Å². The van der Waals surface area contributed by atoms with Crippen LogP contribution >= 0.6 is 0 Å². The summed E-state index contributed by atoms with van der Waals surface area (Å²) in [6.07, 6.45) is 0. The van der Waals surface area contributed by atoms with Crippen LogP contribution in [-0.4, -0.2) is 20.2 Å². The topological polar surface area (TPSA) is 35.5 Å². The van der Waals surface area contributed by atoms with Crippen molar-refractivity contribution >= 4 is 5.97 Å². The van der Waals surface area contributed by atoms with Crippen molar-refractivity contribution in [1.82, 2.24) is 0 Å². The molecule has 15 heavy (non-hydrogen) atoms. The van der Waals surface area contributed by atoms with Crippen LogP contribution in [0, 0.1) is 6.92 Å². The van der Waals surface area contributed by atoms with Crippen LogP contribution in [0.4, 0.5) is 0 Å². The summed E-state index contributed by atoms with van der Waals surface area (Å²) in [5.41, 5.74) is 1.38. The summed E-state index contributed by atoms with van der Waals surface area (Å²) in [5.74, 6) is 0.204. The lowest BCUT2D eigenvalue weighted by Gasteiger charge is -2.08. The van der Waals surface area contributed by atoms with E-state index >= 15 is 0 Å². The fourth-order valence-corrected chi connectivity index (χ4v) is 1.19. The van der Waals surface area contributed by atoms with E-state index in [1.165, 1.54) is 14.2 Å². The molecule has 3 nitrogen and oxygen atoms in total. The zero-order valence-electron chi connectivity index (χ0n) is 9.96. The second kappa shape index (κ2) is 6.87. The summed E-state index contributed by atoms with van der Waals surface area (Å²) in [6, 6.07) is 5.35. The Kier molecular flexibility index (Phi) is 6.18. The van der Waals surface area contributed by atoms with Crippen molar-refractivity contribution in [2.45, 2.75) is 20.8 Å². The van der Waals surface area contributed by atoms with Gasteiger partial charge < -0.3 is 9.47 Å². The van der Waals surface area contributed by atoms with Crippen molar-refractivity contribution in [3.05, 3.63) is 29.3 Å². The Morgan fingerprint density at radius 3 is 2.27 bits per heavy atom. The van der Waals surface area contributed by atoms with E-state index in [1.54, 1.807) is 12.1 Å². The molecule has 0 heterocycles. The smallest absolute Gasteiger partial charge is 0.341 e. The molecule has 0 aromatic heterocycles. The maximum atomic E-state index is 11.2. The molecule has 0 bridgehead atoms. The van der Waals surface area contributed by atoms with Crippen molar-refractivity contribution in [3.63, 3.8) is 0 Å². The molecule has 0 aliphatic heterocycles. The van der Waals surface area contributed by atoms with Gasteiger partial charge in [0, 0.05) is 0 Å². The van der Waals surface area contributed by atoms with Gasteiger partial charge in [-0.15, -0.1) is 0 Å². The summed E-state index contributed by atoms with van der Waals surface area (Å²) in [5, 5.41) is 0. The zero-order valence-corrected chi connectivity index (χ0v) is 9.96. The van der Waals surface area contributed by atoms with Crippen molar-refractivity contribution in [2.75, 3.05) is 14.2 Å². The molecule has 84 valence electrons. The lowest BCUT2D eigenvalue weighted by molar-refractivity contribution is 0.0597. The van der Waals surface area contributed by atoms with Crippen LogP contribution in [0.25, 0.3) is 0 Å². The first-order chi connectivity index (χ1) is 7.20. The van der Waals surface area contributed by atoms with Crippen LogP contribution in [-0.2, 0) is 4.74 Å². The van der Waals surface area contributed by atoms with E-state index in [-0.39, 0.29) is 5.97 Å². The molecule has 1 aromatic rings. The molecule has 0 atom stereocenters. The quantitative estimate of drug-likeness (QED) is 0.704. The minimum atomic E-state index is -0.374. The highest BCUT2D eigenvalue weighted by molar-refractivity contribution is 5.92. The number of carbonyl (C=O) groups excluding carboxylic acids is 1. The monoisotopic (exact) mass is 210 g/mol. The van der Waals surface area contributed by atoms with Gasteiger partial charge in [-0.05, 0) is 18.6 Å². The molecule has 0 fully saturated rings. The number of aryl methyl sites for hydroxylation is 1. The first-order valence-electron chi connectivity index (χ1n) is 4.92. The fraction of sp³-hybridized carbons (Fsp3) is 0.417. The van der Waals surface area contributed by atoms with Gasteiger partial charge >= 0.3 is 5.97 Å². The first kappa shape index (κ1) is 13.5. The number of esters is 1. The molecule has 0 saturated carbocycles. The van der Waals surface area contributed by atoms with E-state index in [2.05, 4.69) is 4.74 Å². The molecule has 0 spiro atoms. The van der Waals surface area contributed by atoms with Gasteiger partial charge in [-0.25, -0.2) is 4.79 Å². The molecule has 0 aliphatic carbocycles. The van der Waals surface area contributed by atoms with Gasteiger partial charge in [0.25, 0.3) is 0 Å². The molecule has 0 N–H and O–H groups in total.